The maximum absolute atomic E-state index is 8.89. The van der Waals surface area contributed by atoms with E-state index in [1.165, 1.54) is 5.69 Å². The van der Waals surface area contributed by atoms with E-state index in [0.717, 1.165) is 31.7 Å². The predicted octanol–water partition coefficient (Wildman–Crippen LogP) is 1.24. The maximum atomic E-state index is 8.89. The topological polar surface area (TPSA) is 52.7 Å². The molecule has 0 amide bonds. The molecule has 1 aromatic rings. The number of rotatable bonds is 4. The summed E-state index contributed by atoms with van der Waals surface area (Å²) in [6.07, 6.45) is 0.619. The molecule has 1 aliphatic rings. The number of nitrogens with two attached hydrogens (primary N) is 1. The Kier molecular flexibility index (Phi) is 6.58. The smallest absolute Gasteiger partial charge is 0.0449 e. The second-order valence-electron chi connectivity index (χ2n) is 5.00. The third-order valence-corrected chi connectivity index (χ3v) is 3.63. The van der Waals surface area contributed by atoms with Crippen LogP contribution in [0.5, 0.6) is 0 Å². The van der Waals surface area contributed by atoms with E-state index in [2.05, 4.69) is 41.1 Å². The van der Waals surface area contributed by atoms with Gasteiger partial charge in [0.1, 0.15) is 0 Å². The zero-order valence-corrected chi connectivity index (χ0v) is 12.3. The zero-order valence-electron chi connectivity index (χ0n) is 11.5. The molecule has 2 rings (SSSR count). The van der Waals surface area contributed by atoms with Gasteiger partial charge in [-0.3, -0.25) is 0 Å². The van der Waals surface area contributed by atoms with Crippen LogP contribution in [0.25, 0.3) is 0 Å². The van der Waals surface area contributed by atoms with Crippen molar-refractivity contribution in [3.8, 4) is 0 Å². The SMILES string of the molecule is CN1CCN(c2ccc(C(N)CCO)cc2)CC1.Cl. The highest BCUT2D eigenvalue weighted by atomic mass is 35.5. The molecule has 1 saturated heterocycles. The highest BCUT2D eigenvalue weighted by Gasteiger charge is 2.14. The average molecular weight is 286 g/mol. The Morgan fingerprint density at radius 2 is 1.74 bits per heavy atom. The molecule has 3 N–H and O–H groups in total. The normalized spacial score (nSPS) is 17.9. The van der Waals surface area contributed by atoms with Crippen molar-refractivity contribution < 1.29 is 5.11 Å². The van der Waals surface area contributed by atoms with Crippen LogP contribution < -0.4 is 10.6 Å². The minimum Gasteiger partial charge on any atom is -0.396 e. The molecule has 108 valence electrons. The fourth-order valence-corrected chi connectivity index (χ4v) is 2.30. The number of hydrogen-bond acceptors (Lipinski definition) is 4. The molecule has 1 atom stereocenters. The van der Waals surface area contributed by atoms with Crippen molar-refractivity contribution >= 4 is 18.1 Å². The Morgan fingerprint density at radius 3 is 2.26 bits per heavy atom. The predicted molar refractivity (Wildman–Crippen MR) is 82.0 cm³/mol. The van der Waals surface area contributed by atoms with Gasteiger partial charge >= 0.3 is 0 Å². The number of hydrogen-bond donors (Lipinski definition) is 2. The van der Waals surface area contributed by atoms with Gasteiger partial charge in [0, 0.05) is 44.5 Å². The summed E-state index contributed by atoms with van der Waals surface area (Å²) in [5.41, 5.74) is 8.34. The second-order valence-corrected chi connectivity index (χ2v) is 5.00. The van der Waals surface area contributed by atoms with Crippen LogP contribution in [0.2, 0.25) is 0 Å². The number of benzene rings is 1. The van der Waals surface area contributed by atoms with Crippen LogP contribution in [0.1, 0.15) is 18.0 Å². The largest absolute Gasteiger partial charge is 0.396 e. The van der Waals surface area contributed by atoms with Crippen LogP contribution in [0, 0.1) is 0 Å². The summed E-state index contributed by atoms with van der Waals surface area (Å²) in [4.78, 5) is 4.75. The molecule has 19 heavy (non-hydrogen) atoms. The van der Waals surface area contributed by atoms with E-state index in [0.29, 0.717) is 6.42 Å². The van der Waals surface area contributed by atoms with Crippen LogP contribution in [0.15, 0.2) is 24.3 Å². The molecule has 0 spiro atoms. The average Bonchev–Trinajstić information content (AvgIpc) is 2.40. The maximum Gasteiger partial charge on any atom is 0.0449 e. The van der Waals surface area contributed by atoms with Gasteiger partial charge in [0.15, 0.2) is 0 Å². The lowest BCUT2D eigenvalue weighted by molar-refractivity contribution is 0.276. The van der Waals surface area contributed by atoms with Crippen LogP contribution in [-0.4, -0.2) is 49.8 Å². The van der Waals surface area contributed by atoms with Crippen LogP contribution >= 0.6 is 12.4 Å². The van der Waals surface area contributed by atoms with Gasteiger partial charge in [0.25, 0.3) is 0 Å². The first kappa shape index (κ1) is 16.2. The number of halogens is 1. The molecular formula is C14H24ClN3O. The number of aliphatic hydroxyl groups is 1. The number of nitrogens with zero attached hydrogens (tertiary/aromatic N) is 2. The first-order valence-electron chi connectivity index (χ1n) is 6.60. The zero-order chi connectivity index (χ0) is 13.0. The van der Waals surface area contributed by atoms with Gasteiger partial charge in [0.05, 0.1) is 0 Å². The standard InChI is InChI=1S/C14H23N3O.ClH/c1-16-7-9-17(10-8-16)13-4-2-12(3-5-13)14(15)6-11-18;/h2-5,14,18H,6-11,15H2,1H3;1H. The third-order valence-electron chi connectivity index (χ3n) is 3.63. The van der Waals surface area contributed by atoms with Crippen molar-refractivity contribution in [2.45, 2.75) is 12.5 Å². The number of anilines is 1. The molecule has 1 aromatic carbocycles. The summed E-state index contributed by atoms with van der Waals surface area (Å²) in [6.45, 7) is 4.54. The Hall–Kier alpha value is -0.810. The molecule has 5 heteroatoms. The van der Waals surface area contributed by atoms with Crippen molar-refractivity contribution in [1.82, 2.24) is 4.90 Å². The third kappa shape index (κ3) is 4.35. The van der Waals surface area contributed by atoms with Gasteiger partial charge in [-0.1, -0.05) is 12.1 Å². The van der Waals surface area contributed by atoms with Crippen molar-refractivity contribution in [3.63, 3.8) is 0 Å². The summed E-state index contributed by atoms with van der Waals surface area (Å²) >= 11 is 0. The minimum absolute atomic E-state index is 0. The van der Waals surface area contributed by atoms with Crippen LogP contribution in [0.3, 0.4) is 0 Å². The quantitative estimate of drug-likeness (QED) is 0.874. The first-order chi connectivity index (χ1) is 8.70. The molecular weight excluding hydrogens is 262 g/mol. The molecule has 1 unspecified atom stereocenters. The molecule has 0 aromatic heterocycles. The van der Waals surface area contributed by atoms with Crippen LogP contribution in [-0.2, 0) is 0 Å². The van der Waals surface area contributed by atoms with Gasteiger partial charge in [-0.2, -0.15) is 0 Å². The molecule has 0 radical (unpaired) electrons. The monoisotopic (exact) mass is 285 g/mol. The molecule has 4 nitrogen and oxygen atoms in total. The summed E-state index contributed by atoms with van der Waals surface area (Å²) < 4.78 is 0. The molecule has 1 aliphatic heterocycles. The fourth-order valence-electron chi connectivity index (χ4n) is 2.30. The molecule has 1 fully saturated rings. The van der Waals surface area contributed by atoms with E-state index in [1.807, 2.05) is 0 Å². The molecule has 1 heterocycles. The van der Waals surface area contributed by atoms with Gasteiger partial charge < -0.3 is 20.6 Å². The van der Waals surface area contributed by atoms with Crippen molar-refractivity contribution in [2.75, 3.05) is 44.7 Å². The number of aliphatic hydroxyl groups excluding tert-OH is 1. The van der Waals surface area contributed by atoms with Crippen molar-refractivity contribution in [3.05, 3.63) is 29.8 Å². The molecule has 0 saturated carbocycles. The van der Waals surface area contributed by atoms with E-state index in [-0.39, 0.29) is 25.1 Å². The van der Waals surface area contributed by atoms with Gasteiger partial charge in [-0.15, -0.1) is 12.4 Å². The highest BCUT2D eigenvalue weighted by Crippen LogP contribution is 2.20. The first-order valence-corrected chi connectivity index (χ1v) is 6.60. The Morgan fingerprint density at radius 1 is 1.16 bits per heavy atom. The summed E-state index contributed by atoms with van der Waals surface area (Å²) in [5, 5.41) is 8.89. The number of piperazine rings is 1. The second kappa shape index (κ2) is 7.70. The lowest BCUT2D eigenvalue weighted by Gasteiger charge is -2.34. The number of likely N-dealkylation sites (N-methyl/N-ethyl adjacent to an activating group) is 1. The summed E-state index contributed by atoms with van der Waals surface area (Å²) in [7, 11) is 2.16. The minimum atomic E-state index is -0.0588. The van der Waals surface area contributed by atoms with Crippen molar-refractivity contribution in [2.24, 2.45) is 5.73 Å². The highest BCUT2D eigenvalue weighted by molar-refractivity contribution is 5.85. The van der Waals surface area contributed by atoms with Gasteiger partial charge in [-0.05, 0) is 31.2 Å². The molecule has 0 aliphatic carbocycles. The van der Waals surface area contributed by atoms with Crippen molar-refractivity contribution in [1.29, 1.82) is 0 Å². The van der Waals surface area contributed by atoms with E-state index in [4.69, 9.17) is 10.8 Å². The van der Waals surface area contributed by atoms with Gasteiger partial charge in [-0.25, -0.2) is 0 Å². The van der Waals surface area contributed by atoms with E-state index < -0.39 is 0 Å². The lowest BCUT2D eigenvalue weighted by Crippen LogP contribution is -2.44. The Bertz CT molecular complexity index is 363. The summed E-state index contributed by atoms with van der Waals surface area (Å²) in [5.74, 6) is 0. The van der Waals surface area contributed by atoms with E-state index >= 15 is 0 Å². The van der Waals surface area contributed by atoms with E-state index in [9.17, 15) is 0 Å². The lowest BCUT2D eigenvalue weighted by atomic mass is 10.0. The Balaban J connectivity index is 0.00000180. The van der Waals surface area contributed by atoms with Crippen LogP contribution in [0.4, 0.5) is 5.69 Å². The summed E-state index contributed by atoms with van der Waals surface area (Å²) in [6, 6.07) is 8.37. The van der Waals surface area contributed by atoms with E-state index in [1.54, 1.807) is 0 Å². The fraction of sp³-hybridized carbons (Fsp3) is 0.571. The Labute approximate surface area is 121 Å². The molecule has 0 bridgehead atoms. The van der Waals surface area contributed by atoms with Gasteiger partial charge in [0.2, 0.25) is 0 Å².